The first-order chi connectivity index (χ1) is 15.6. The number of hydrogen-bond donors (Lipinski definition) is 2. The number of alkyl carbamates (subject to hydrolysis) is 1. The van der Waals surface area contributed by atoms with Crippen LogP contribution in [-0.2, 0) is 16.0 Å². The molecule has 0 saturated heterocycles. The van der Waals surface area contributed by atoms with Crippen LogP contribution in [0.15, 0.2) is 24.3 Å². The summed E-state index contributed by atoms with van der Waals surface area (Å²) in [6, 6.07) is 8.77. The van der Waals surface area contributed by atoms with Crippen LogP contribution in [0.25, 0.3) is 0 Å². The molecule has 4 rings (SSSR count). The predicted molar refractivity (Wildman–Crippen MR) is 136 cm³/mol. The van der Waals surface area contributed by atoms with Crippen molar-refractivity contribution in [2.75, 3.05) is 16.7 Å². The van der Waals surface area contributed by atoms with Crippen LogP contribution in [-0.4, -0.2) is 35.1 Å². The molecular formula is C25H37N5O2S. The monoisotopic (exact) mass is 471 g/mol. The Morgan fingerprint density at radius 1 is 1.21 bits per heavy atom. The SMILES string of the molecule is CC(C)NC(=O)OC1CCC(c2cc(Nc3cccc4c3N(C)SC4)n(C(C)(C)C)n2)CC1. The quantitative estimate of drug-likeness (QED) is 0.510. The summed E-state index contributed by atoms with van der Waals surface area (Å²) in [7, 11) is 2.12. The van der Waals surface area contributed by atoms with E-state index < -0.39 is 0 Å². The van der Waals surface area contributed by atoms with Crippen molar-refractivity contribution in [3.8, 4) is 0 Å². The normalized spacial score (nSPS) is 20.6. The molecule has 1 aromatic heterocycles. The first kappa shape index (κ1) is 23.8. The topological polar surface area (TPSA) is 71.4 Å². The number of carbonyl (C=O) groups excluding carboxylic acids is 1. The maximum absolute atomic E-state index is 11.9. The van der Waals surface area contributed by atoms with E-state index >= 15 is 0 Å². The molecular weight excluding hydrogens is 434 g/mol. The minimum absolute atomic E-state index is 0.0118. The van der Waals surface area contributed by atoms with Gasteiger partial charge in [-0.25, -0.2) is 9.48 Å². The molecule has 33 heavy (non-hydrogen) atoms. The number of carbonyl (C=O) groups is 1. The summed E-state index contributed by atoms with van der Waals surface area (Å²) in [4.78, 5) is 11.9. The molecule has 8 heteroatoms. The molecule has 2 aromatic rings. The van der Waals surface area contributed by atoms with Gasteiger partial charge in [0.15, 0.2) is 0 Å². The molecule has 1 aliphatic carbocycles. The van der Waals surface area contributed by atoms with Gasteiger partial charge in [0.2, 0.25) is 0 Å². The first-order valence-electron chi connectivity index (χ1n) is 11.9. The van der Waals surface area contributed by atoms with E-state index in [0.29, 0.717) is 5.92 Å². The fourth-order valence-corrected chi connectivity index (χ4v) is 5.56. The second kappa shape index (κ2) is 9.49. The maximum atomic E-state index is 11.9. The first-order valence-corrected chi connectivity index (χ1v) is 12.9. The van der Waals surface area contributed by atoms with Gasteiger partial charge in [-0.1, -0.05) is 12.1 Å². The fourth-order valence-electron chi connectivity index (χ4n) is 4.65. The number of anilines is 3. The van der Waals surface area contributed by atoms with Gasteiger partial charge in [-0.3, -0.25) is 0 Å². The zero-order valence-corrected chi connectivity index (χ0v) is 21.5. The van der Waals surface area contributed by atoms with E-state index in [-0.39, 0.29) is 23.8 Å². The fraction of sp³-hybridized carbons (Fsp3) is 0.600. The molecule has 1 amide bonds. The zero-order chi connectivity index (χ0) is 23.8. The summed E-state index contributed by atoms with van der Waals surface area (Å²) in [5.41, 5.74) is 4.70. The summed E-state index contributed by atoms with van der Waals surface area (Å²) >= 11 is 1.83. The number of ether oxygens (including phenoxy) is 1. The van der Waals surface area contributed by atoms with Crippen LogP contribution in [0, 0.1) is 0 Å². The van der Waals surface area contributed by atoms with E-state index in [1.54, 1.807) is 0 Å². The molecule has 0 atom stereocenters. The molecule has 0 radical (unpaired) electrons. The maximum Gasteiger partial charge on any atom is 0.407 e. The predicted octanol–water partition coefficient (Wildman–Crippen LogP) is 6.14. The molecule has 1 saturated carbocycles. The molecule has 0 spiro atoms. The molecule has 2 aliphatic rings. The minimum Gasteiger partial charge on any atom is -0.446 e. The van der Waals surface area contributed by atoms with E-state index in [1.807, 2.05) is 25.8 Å². The van der Waals surface area contributed by atoms with Crippen molar-refractivity contribution in [2.45, 2.75) is 89.7 Å². The number of benzene rings is 1. The third-order valence-corrected chi connectivity index (χ3v) is 7.26. The van der Waals surface area contributed by atoms with Crippen LogP contribution < -0.4 is 14.9 Å². The van der Waals surface area contributed by atoms with Crippen LogP contribution >= 0.6 is 11.9 Å². The van der Waals surface area contributed by atoms with Gasteiger partial charge in [0.05, 0.1) is 22.6 Å². The van der Waals surface area contributed by atoms with Gasteiger partial charge >= 0.3 is 6.09 Å². The van der Waals surface area contributed by atoms with Gasteiger partial charge in [-0.05, 0) is 83.9 Å². The van der Waals surface area contributed by atoms with Crippen LogP contribution in [0.3, 0.4) is 0 Å². The number of rotatable bonds is 5. The van der Waals surface area contributed by atoms with Crippen LogP contribution in [0.5, 0.6) is 0 Å². The van der Waals surface area contributed by atoms with Crippen LogP contribution in [0.2, 0.25) is 0 Å². The van der Waals surface area contributed by atoms with Crippen molar-refractivity contribution >= 4 is 35.2 Å². The second-order valence-electron chi connectivity index (χ2n) is 10.4. The van der Waals surface area contributed by atoms with Crippen molar-refractivity contribution in [1.82, 2.24) is 15.1 Å². The summed E-state index contributed by atoms with van der Waals surface area (Å²) in [5.74, 6) is 2.40. The van der Waals surface area contributed by atoms with E-state index in [1.165, 1.54) is 11.3 Å². The third-order valence-electron chi connectivity index (χ3n) is 6.25. The largest absolute Gasteiger partial charge is 0.446 e. The van der Waals surface area contributed by atoms with Gasteiger partial charge in [0.25, 0.3) is 0 Å². The molecule has 1 aliphatic heterocycles. The standard InChI is InChI=1S/C25H37N5O2S/c1-16(2)26-24(31)32-19-12-10-17(11-13-19)21-14-22(30(28-21)25(3,4)5)27-20-9-7-8-18-15-33-29(6)23(18)20/h7-9,14,16-17,19,27H,10-13,15H2,1-6H3,(H,26,31). The van der Waals surface area contributed by atoms with E-state index in [9.17, 15) is 4.79 Å². The van der Waals surface area contributed by atoms with E-state index in [4.69, 9.17) is 9.84 Å². The van der Waals surface area contributed by atoms with Crippen LogP contribution in [0.4, 0.5) is 22.0 Å². The molecule has 1 fully saturated rings. The van der Waals surface area contributed by atoms with Crippen molar-refractivity contribution < 1.29 is 9.53 Å². The number of fused-ring (bicyclic) bond motifs is 1. The Balaban J connectivity index is 1.49. The molecule has 180 valence electrons. The van der Waals surface area contributed by atoms with Crippen molar-refractivity contribution in [3.63, 3.8) is 0 Å². The lowest BCUT2D eigenvalue weighted by Gasteiger charge is -2.28. The van der Waals surface area contributed by atoms with Crippen LogP contribution in [0.1, 0.15) is 77.5 Å². The highest BCUT2D eigenvalue weighted by molar-refractivity contribution is 8.00. The van der Waals surface area contributed by atoms with Gasteiger partial charge in [-0.15, -0.1) is 0 Å². The average molecular weight is 472 g/mol. The Morgan fingerprint density at radius 2 is 1.94 bits per heavy atom. The van der Waals surface area contributed by atoms with Gasteiger partial charge in [0.1, 0.15) is 11.9 Å². The lowest BCUT2D eigenvalue weighted by atomic mass is 9.85. The molecule has 2 N–H and O–H groups in total. The number of para-hydroxylation sites is 1. The van der Waals surface area contributed by atoms with Crippen molar-refractivity contribution in [2.24, 2.45) is 0 Å². The summed E-state index contributed by atoms with van der Waals surface area (Å²) in [5, 5.41) is 11.6. The summed E-state index contributed by atoms with van der Waals surface area (Å²) in [6.45, 7) is 10.4. The Kier molecular flexibility index (Phi) is 6.84. The summed E-state index contributed by atoms with van der Waals surface area (Å²) in [6.07, 6.45) is 3.36. The smallest absolute Gasteiger partial charge is 0.407 e. The second-order valence-corrected chi connectivity index (χ2v) is 11.5. The van der Waals surface area contributed by atoms with Gasteiger partial charge < -0.3 is 19.7 Å². The Morgan fingerprint density at radius 3 is 2.61 bits per heavy atom. The third kappa shape index (κ3) is 5.42. The number of aromatic nitrogens is 2. The van der Waals surface area contributed by atoms with E-state index in [2.05, 4.69) is 71.7 Å². The zero-order valence-electron chi connectivity index (χ0n) is 20.6. The number of hydrogen-bond acceptors (Lipinski definition) is 6. The summed E-state index contributed by atoms with van der Waals surface area (Å²) < 4.78 is 9.96. The molecule has 0 unspecified atom stereocenters. The highest BCUT2D eigenvalue weighted by atomic mass is 32.2. The van der Waals surface area contributed by atoms with Crippen molar-refractivity contribution in [3.05, 3.63) is 35.5 Å². The van der Waals surface area contributed by atoms with Gasteiger partial charge in [-0.2, -0.15) is 5.10 Å². The molecule has 7 nitrogen and oxygen atoms in total. The molecule has 1 aromatic carbocycles. The number of nitrogens with zero attached hydrogens (tertiary/aromatic N) is 3. The Hall–Kier alpha value is -2.35. The number of nitrogens with one attached hydrogen (secondary N) is 2. The number of amides is 1. The van der Waals surface area contributed by atoms with E-state index in [0.717, 1.165) is 48.6 Å². The highest BCUT2D eigenvalue weighted by Crippen LogP contribution is 2.43. The Labute approximate surface area is 201 Å². The highest BCUT2D eigenvalue weighted by Gasteiger charge is 2.29. The van der Waals surface area contributed by atoms with Gasteiger partial charge in [0, 0.05) is 30.8 Å². The molecule has 0 bridgehead atoms. The average Bonchev–Trinajstić information content (AvgIpc) is 3.32. The minimum atomic E-state index is -0.310. The van der Waals surface area contributed by atoms with Crippen molar-refractivity contribution in [1.29, 1.82) is 0 Å². The lowest BCUT2D eigenvalue weighted by molar-refractivity contribution is 0.0696. The lowest BCUT2D eigenvalue weighted by Crippen LogP contribution is -2.35. The molecule has 2 heterocycles. The Bertz CT molecular complexity index is 989.